The second kappa shape index (κ2) is 7.12. The van der Waals surface area contributed by atoms with Crippen LogP contribution in [-0.2, 0) is 14.8 Å². The number of fused-ring (bicyclic) bond motifs is 1. The predicted octanol–water partition coefficient (Wildman–Crippen LogP) is 0.932. The molecule has 1 saturated heterocycles. The normalized spacial score (nSPS) is 20.2. The highest BCUT2D eigenvalue weighted by Gasteiger charge is 2.35. The van der Waals surface area contributed by atoms with E-state index in [1.54, 1.807) is 25.1 Å². The van der Waals surface area contributed by atoms with E-state index >= 15 is 0 Å². The molecule has 3 heterocycles. The van der Waals surface area contributed by atoms with Gasteiger partial charge in [-0.05, 0) is 45.1 Å². The van der Waals surface area contributed by atoms with Gasteiger partial charge in [0.15, 0.2) is 5.82 Å². The summed E-state index contributed by atoms with van der Waals surface area (Å²) in [5, 5.41) is 9.50. The van der Waals surface area contributed by atoms with Gasteiger partial charge in [-0.15, -0.1) is 0 Å². The number of nitrogens with zero attached hydrogens (tertiary/aromatic N) is 4. The van der Waals surface area contributed by atoms with Crippen molar-refractivity contribution in [3.05, 3.63) is 35.4 Å². The summed E-state index contributed by atoms with van der Waals surface area (Å²) in [5.74, 6) is 0.579. The summed E-state index contributed by atoms with van der Waals surface area (Å²) in [6.45, 7) is 4.16. The lowest BCUT2D eigenvalue weighted by atomic mass is 10.1. The summed E-state index contributed by atoms with van der Waals surface area (Å²) in [6, 6.07) is 4.91. The first-order valence-corrected chi connectivity index (χ1v) is 10.5. The second-order valence-electron chi connectivity index (χ2n) is 7.03. The fourth-order valence-corrected chi connectivity index (χ4v) is 5.22. The summed E-state index contributed by atoms with van der Waals surface area (Å²) in [4.78, 5) is 19.0. The van der Waals surface area contributed by atoms with Gasteiger partial charge < -0.3 is 10.2 Å². The zero-order chi connectivity index (χ0) is 19.9. The first-order chi connectivity index (χ1) is 13.4. The van der Waals surface area contributed by atoms with E-state index in [1.807, 2.05) is 7.05 Å². The number of carbonyl (C=O) groups excluding carboxylic acids is 1. The third kappa shape index (κ3) is 3.34. The van der Waals surface area contributed by atoms with E-state index in [2.05, 4.69) is 25.4 Å². The van der Waals surface area contributed by atoms with Gasteiger partial charge in [0, 0.05) is 25.2 Å². The van der Waals surface area contributed by atoms with E-state index in [4.69, 9.17) is 0 Å². The standard InChI is InChI=1S/C18H22N6O3S/c1-12-19-16(22-21-12)11-13-17-14(20-18(13)25)5-3-6-15(17)28(26,27)24-8-4-7-23(2)9-10-24/h3,5-6,11H,4,7-10H2,1-2H3,(H,20,25)(H,19,21,22). The smallest absolute Gasteiger partial charge is 0.256 e. The van der Waals surface area contributed by atoms with Crippen LogP contribution in [0.25, 0.3) is 11.6 Å². The molecule has 0 bridgehead atoms. The number of hydrogen-bond acceptors (Lipinski definition) is 6. The number of amides is 1. The zero-order valence-corrected chi connectivity index (χ0v) is 16.6. The fourth-order valence-electron chi connectivity index (χ4n) is 3.52. The topological polar surface area (TPSA) is 111 Å². The van der Waals surface area contributed by atoms with Gasteiger partial charge in [0.1, 0.15) is 5.82 Å². The maximum absolute atomic E-state index is 13.4. The Kier molecular flexibility index (Phi) is 4.77. The molecule has 1 fully saturated rings. The van der Waals surface area contributed by atoms with Crippen molar-refractivity contribution < 1.29 is 13.2 Å². The number of aromatic amines is 1. The molecule has 0 radical (unpaired) electrons. The predicted molar refractivity (Wildman–Crippen MR) is 105 cm³/mol. The molecule has 0 aliphatic carbocycles. The van der Waals surface area contributed by atoms with Crippen LogP contribution in [0.3, 0.4) is 0 Å². The molecule has 0 unspecified atom stereocenters. The third-order valence-electron chi connectivity index (χ3n) is 4.97. The number of hydrogen-bond donors (Lipinski definition) is 2. The fraction of sp³-hybridized carbons (Fsp3) is 0.389. The highest BCUT2D eigenvalue weighted by Crippen LogP contribution is 2.38. The van der Waals surface area contributed by atoms with Crippen LogP contribution in [0.5, 0.6) is 0 Å². The van der Waals surface area contributed by atoms with E-state index in [-0.39, 0.29) is 16.4 Å². The van der Waals surface area contributed by atoms with Gasteiger partial charge in [0.25, 0.3) is 5.91 Å². The Morgan fingerprint density at radius 3 is 2.75 bits per heavy atom. The van der Waals surface area contributed by atoms with E-state index in [0.29, 0.717) is 42.5 Å². The monoisotopic (exact) mass is 402 g/mol. The van der Waals surface area contributed by atoms with Crippen molar-refractivity contribution in [3.8, 4) is 0 Å². The number of benzene rings is 1. The second-order valence-corrected chi connectivity index (χ2v) is 8.94. The Morgan fingerprint density at radius 1 is 1.18 bits per heavy atom. The average molecular weight is 402 g/mol. The number of aryl methyl sites for hydroxylation is 1. The molecule has 2 aliphatic rings. The summed E-state index contributed by atoms with van der Waals surface area (Å²) >= 11 is 0. The molecule has 1 amide bonds. The van der Waals surface area contributed by atoms with Crippen LogP contribution in [0.4, 0.5) is 5.69 Å². The lowest BCUT2D eigenvalue weighted by Gasteiger charge is -2.21. The van der Waals surface area contributed by atoms with Gasteiger partial charge in [-0.2, -0.15) is 9.40 Å². The number of carbonyl (C=O) groups is 1. The van der Waals surface area contributed by atoms with Crippen molar-refractivity contribution in [2.24, 2.45) is 0 Å². The number of rotatable bonds is 3. The Bertz CT molecular complexity index is 1060. The maximum atomic E-state index is 13.4. The zero-order valence-electron chi connectivity index (χ0n) is 15.8. The number of anilines is 1. The van der Waals surface area contributed by atoms with Crippen molar-refractivity contribution >= 4 is 33.3 Å². The Balaban J connectivity index is 1.79. The highest BCUT2D eigenvalue weighted by molar-refractivity contribution is 7.89. The van der Waals surface area contributed by atoms with Gasteiger partial charge in [-0.25, -0.2) is 13.4 Å². The minimum Gasteiger partial charge on any atom is -0.321 e. The number of sulfonamides is 1. The van der Waals surface area contributed by atoms with Gasteiger partial charge in [-0.1, -0.05) is 6.07 Å². The van der Waals surface area contributed by atoms with Crippen LogP contribution in [0.1, 0.15) is 23.6 Å². The Hall–Kier alpha value is -2.56. The van der Waals surface area contributed by atoms with Crippen molar-refractivity contribution in [3.63, 3.8) is 0 Å². The summed E-state index contributed by atoms with van der Waals surface area (Å²) < 4.78 is 28.3. The minimum absolute atomic E-state index is 0.131. The van der Waals surface area contributed by atoms with Crippen LogP contribution >= 0.6 is 0 Å². The van der Waals surface area contributed by atoms with Crippen LogP contribution < -0.4 is 5.32 Å². The average Bonchev–Trinajstić information content (AvgIpc) is 3.11. The summed E-state index contributed by atoms with van der Waals surface area (Å²) in [7, 11) is -1.77. The van der Waals surface area contributed by atoms with E-state index < -0.39 is 10.0 Å². The van der Waals surface area contributed by atoms with E-state index in [9.17, 15) is 13.2 Å². The van der Waals surface area contributed by atoms with Crippen molar-refractivity contribution in [2.75, 3.05) is 38.5 Å². The first kappa shape index (κ1) is 18.8. The molecule has 1 aromatic heterocycles. The molecule has 2 aromatic rings. The number of nitrogens with one attached hydrogen (secondary N) is 2. The molecular weight excluding hydrogens is 380 g/mol. The summed E-state index contributed by atoms with van der Waals surface area (Å²) in [5.41, 5.74) is 1.11. The molecule has 2 aliphatic heterocycles. The lowest BCUT2D eigenvalue weighted by molar-refractivity contribution is -0.110. The van der Waals surface area contributed by atoms with E-state index in [1.165, 1.54) is 10.4 Å². The lowest BCUT2D eigenvalue weighted by Crippen LogP contribution is -2.34. The highest BCUT2D eigenvalue weighted by atomic mass is 32.2. The minimum atomic E-state index is -3.75. The van der Waals surface area contributed by atoms with Crippen molar-refractivity contribution in [1.82, 2.24) is 24.4 Å². The van der Waals surface area contributed by atoms with Gasteiger partial charge in [0.05, 0.1) is 16.2 Å². The molecular formula is C18H22N6O3S. The van der Waals surface area contributed by atoms with Crippen molar-refractivity contribution in [2.45, 2.75) is 18.2 Å². The van der Waals surface area contributed by atoms with E-state index in [0.717, 1.165) is 13.0 Å². The van der Waals surface area contributed by atoms with Crippen LogP contribution in [0.15, 0.2) is 23.1 Å². The number of aromatic nitrogens is 3. The molecule has 2 N–H and O–H groups in total. The molecule has 0 saturated carbocycles. The van der Waals surface area contributed by atoms with Gasteiger partial charge in [-0.3, -0.25) is 9.89 Å². The molecule has 4 rings (SSSR count). The number of H-pyrrole nitrogens is 1. The molecule has 0 spiro atoms. The van der Waals surface area contributed by atoms with Crippen LogP contribution in [0.2, 0.25) is 0 Å². The molecule has 28 heavy (non-hydrogen) atoms. The molecule has 1 aromatic carbocycles. The Labute approximate surface area is 163 Å². The van der Waals surface area contributed by atoms with Crippen LogP contribution in [-0.4, -0.2) is 71.9 Å². The molecule has 9 nitrogen and oxygen atoms in total. The first-order valence-electron chi connectivity index (χ1n) is 9.10. The van der Waals surface area contributed by atoms with Crippen molar-refractivity contribution in [1.29, 1.82) is 0 Å². The molecule has 148 valence electrons. The van der Waals surface area contributed by atoms with Crippen LogP contribution in [0, 0.1) is 6.92 Å². The van der Waals surface area contributed by atoms with Gasteiger partial charge in [0.2, 0.25) is 10.0 Å². The number of likely N-dealkylation sites (N-methyl/N-ethyl adjacent to an activating group) is 1. The third-order valence-corrected chi connectivity index (χ3v) is 6.91. The largest absolute Gasteiger partial charge is 0.321 e. The maximum Gasteiger partial charge on any atom is 0.256 e. The molecule has 10 heteroatoms. The quantitative estimate of drug-likeness (QED) is 0.739. The summed E-state index contributed by atoms with van der Waals surface area (Å²) in [6.07, 6.45) is 2.28. The Morgan fingerprint density at radius 2 is 2.00 bits per heavy atom. The molecule has 0 atom stereocenters. The van der Waals surface area contributed by atoms with Gasteiger partial charge >= 0.3 is 0 Å². The SMILES string of the molecule is Cc1nc(C=C2C(=O)Nc3cccc(S(=O)(=O)N4CCCN(C)CC4)c32)n[nH]1.